The van der Waals surface area contributed by atoms with Crippen molar-refractivity contribution in [1.82, 2.24) is 19.2 Å². The monoisotopic (exact) mass is 366 g/mol. The molecular formula is C17H26N4O3S. The number of likely N-dealkylation sites (N-methyl/N-ethyl adjacent to an activating group) is 1. The summed E-state index contributed by atoms with van der Waals surface area (Å²) in [5.41, 5.74) is 1.82. The van der Waals surface area contributed by atoms with Crippen molar-refractivity contribution in [2.24, 2.45) is 0 Å². The largest absolute Gasteiger partial charge is 0.353 e. The molecule has 0 radical (unpaired) electrons. The molecule has 1 amide bonds. The van der Waals surface area contributed by atoms with E-state index in [1.54, 1.807) is 0 Å². The van der Waals surface area contributed by atoms with E-state index in [1.807, 2.05) is 42.7 Å². The summed E-state index contributed by atoms with van der Waals surface area (Å²) in [7, 11) is -1.75. The van der Waals surface area contributed by atoms with Crippen molar-refractivity contribution < 1.29 is 13.2 Å². The first-order valence-corrected chi connectivity index (χ1v) is 10.3. The predicted octanol–water partition coefficient (Wildman–Crippen LogP) is 1.56. The molecule has 25 heavy (non-hydrogen) atoms. The highest BCUT2D eigenvalue weighted by Gasteiger charge is 2.23. The molecule has 0 spiro atoms. The Balaban J connectivity index is 2.18. The van der Waals surface area contributed by atoms with E-state index in [1.165, 1.54) is 11.4 Å². The van der Waals surface area contributed by atoms with Crippen molar-refractivity contribution in [1.29, 1.82) is 0 Å². The zero-order valence-electron chi connectivity index (χ0n) is 15.2. The number of hydrogen-bond acceptors (Lipinski definition) is 4. The van der Waals surface area contributed by atoms with Gasteiger partial charge in [0.05, 0.1) is 17.3 Å². The number of imidazole rings is 1. The summed E-state index contributed by atoms with van der Waals surface area (Å²) >= 11 is 0. The lowest BCUT2D eigenvalue weighted by molar-refractivity contribution is -0.124. The summed E-state index contributed by atoms with van der Waals surface area (Å²) < 4.78 is 26.0. The summed E-state index contributed by atoms with van der Waals surface area (Å²) in [5.74, 6) is 0.749. The predicted molar refractivity (Wildman–Crippen MR) is 98.9 cm³/mol. The molecule has 0 bridgehead atoms. The lowest BCUT2D eigenvalue weighted by Gasteiger charge is -2.21. The van der Waals surface area contributed by atoms with Crippen molar-refractivity contribution in [2.45, 2.75) is 32.7 Å². The van der Waals surface area contributed by atoms with Crippen LogP contribution >= 0.6 is 0 Å². The summed E-state index contributed by atoms with van der Waals surface area (Å²) in [6.07, 6.45) is 2.51. The van der Waals surface area contributed by atoms with Crippen LogP contribution in [0.5, 0.6) is 0 Å². The van der Waals surface area contributed by atoms with Gasteiger partial charge in [0, 0.05) is 26.6 Å². The van der Waals surface area contributed by atoms with Crippen LogP contribution in [-0.2, 0) is 21.2 Å². The van der Waals surface area contributed by atoms with Crippen LogP contribution in [0, 0.1) is 0 Å². The van der Waals surface area contributed by atoms with Crippen LogP contribution < -0.4 is 5.32 Å². The van der Waals surface area contributed by atoms with Gasteiger partial charge in [-0.3, -0.25) is 4.79 Å². The Bertz CT molecular complexity index is 845. The fourth-order valence-corrected chi connectivity index (χ4v) is 3.22. The van der Waals surface area contributed by atoms with Gasteiger partial charge in [-0.1, -0.05) is 26.0 Å². The molecule has 2 rings (SSSR count). The number of sulfonamides is 1. The Morgan fingerprint density at radius 2 is 2.00 bits per heavy atom. The van der Waals surface area contributed by atoms with Gasteiger partial charge in [0.15, 0.2) is 0 Å². The Kier molecular flexibility index (Phi) is 6.18. The first kappa shape index (κ1) is 19.4. The van der Waals surface area contributed by atoms with Gasteiger partial charge in [-0.15, -0.1) is 0 Å². The van der Waals surface area contributed by atoms with E-state index in [9.17, 15) is 13.2 Å². The van der Waals surface area contributed by atoms with Crippen LogP contribution in [0.25, 0.3) is 11.0 Å². The number of amides is 1. The number of nitrogens with one attached hydrogen (secondary N) is 1. The van der Waals surface area contributed by atoms with Gasteiger partial charge >= 0.3 is 0 Å². The normalized spacial score (nSPS) is 13.3. The van der Waals surface area contributed by atoms with E-state index in [4.69, 9.17) is 0 Å². The van der Waals surface area contributed by atoms with Crippen LogP contribution in [0.1, 0.15) is 32.1 Å². The number of hydrogen-bond donors (Lipinski definition) is 1. The molecule has 1 heterocycles. The van der Waals surface area contributed by atoms with Gasteiger partial charge in [0.1, 0.15) is 11.9 Å². The van der Waals surface area contributed by atoms with E-state index in [0.29, 0.717) is 6.42 Å². The average molecular weight is 366 g/mol. The maximum atomic E-state index is 12.7. The summed E-state index contributed by atoms with van der Waals surface area (Å²) in [4.78, 5) is 17.3. The van der Waals surface area contributed by atoms with Crippen LogP contribution in [0.15, 0.2) is 24.3 Å². The first-order valence-electron chi connectivity index (χ1n) is 8.44. The Hall–Kier alpha value is -1.93. The molecule has 138 valence electrons. The second-order valence-corrected chi connectivity index (χ2v) is 8.13. The number of aryl methyl sites for hydroxylation is 1. The van der Waals surface area contributed by atoms with Crippen LogP contribution in [0.3, 0.4) is 0 Å². The smallest absolute Gasteiger partial charge is 0.243 e. The maximum Gasteiger partial charge on any atom is 0.243 e. The number of rotatable bonds is 8. The van der Waals surface area contributed by atoms with Gasteiger partial charge in [0.2, 0.25) is 15.9 Å². The first-order chi connectivity index (χ1) is 11.8. The van der Waals surface area contributed by atoms with E-state index in [2.05, 4.69) is 10.3 Å². The minimum atomic E-state index is -3.24. The third-order valence-corrected chi connectivity index (χ3v) is 5.59. The molecule has 0 unspecified atom stereocenters. The minimum Gasteiger partial charge on any atom is -0.353 e. The molecule has 2 aromatic rings. The molecule has 0 aliphatic carbocycles. The zero-order chi connectivity index (χ0) is 18.6. The van der Waals surface area contributed by atoms with Crippen LogP contribution in [-0.4, -0.2) is 54.6 Å². The molecule has 1 N–H and O–H groups in total. The molecule has 0 saturated carbocycles. The number of aromatic nitrogens is 2. The van der Waals surface area contributed by atoms with Crippen molar-refractivity contribution in [3.05, 3.63) is 30.1 Å². The molecule has 1 atom stereocenters. The SMILES string of the molecule is CCc1nc2ccccc2n1[C@@H](CC)C(=O)NCCN(C)S(C)(=O)=O. The lowest BCUT2D eigenvalue weighted by atomic mass is 10.2. The highest BCUT2D eigenvalue weighted by Crippen LogP contribution is 2.23. The third-order valence-electron chi connectivity index (χ3n) is 4.28. The molecule has 0 aliphatic heterocycles. The molecule has 0 fully saturated rings. The summed E-state index contributed by atoms with van der Waals surface area (Å²) in [6.45, 7) is 4.49. The number of nitrogens with zero attached hydrogens (tertiary/aromatic N) is 3. The van der Waals surface area contributed by atoms with Crippen molar-refractivity contribution in [3.8, 4) is 0 Å². The van der Waals surface area contributed by atoms with E-state index >= 15 is 0 Å². The summed E-state index contributed by atoms with van der Waals surface area (Å²) in [6, 6.07) is 7.41. The number of carbonyl (C=O) groups excluding carboxylic acids is 1. The highest BCUT2D eigenvalue weighted by molar-refractivity contribution is 7.88. The van der Waals surface area contributed by atoms with E-state index in [-0.39, 0.29) is 25.0 Å². The van der Waals surface area contributed by atoms with Crippen LogP contribution in [0.2, 0.25) is 0 Å². The van der Waals surface area contributed by atoms with Gasteiger partial charge < -0.3 is 9.88 Å². The molecule has 8 heteroatoms. The quantitative estimate of drug-likeness (QED) is 0.768. The molecular weight excluding hydrogens is 340 g/mol. The molecule has 7 nitrogen and oxygen atoms in total. The third kappa shape index (κ3) is 4.38. The number of para-hydroxylation sites is 2. The molecule has 1 aromatic carbocycles. The Morgan fingerprint density at radius 1 is 1.32 bits per heavy atom. The number of fused-ring (bicyclic) bond motifs is 1. The number of benzene rings is 1. The summed E-state index contributed by atoms with van der Waals surface area (Å²) in [5, 5.41) is 2.85. The second-order valence-electron chi connectivity index (χ2n) is 6.04. The van der Waals surface area contributed by atoms with Crippen molar-refractivity contribution in [3.63, 3.8) is 0 Å². The zero-order valence-corrected chi connectivity index (χ0v) is 16.0. The average Bonchev–Trinajstić information content (AvgIpc) is 2.93. The molecule has 0 aliphatic rings. The van der Waals surface area contributed by atoms with Gasteiger partial charge in [0.25, 0.3) is 0 Å². The standard InChI is InChI=1S/C17H26N4O3S/c1-5-14(17(22)18-11-12-20(3)25(4,23)24)21-15-10-8-7-9-13(15)19-16(21)6-2/h7-10,14H,5-6,11-12H2,1-4H3,(H,18,22)/t14-/m0/s1. The Labute approximate surface area is 149 Å². The topological polar surface area (TPSA) is 84.3 Å². The highest BCUT2D eigenvalue weighted by atomic mass is 32.2. The van der Waals surface area contributed by atoms with Crippen molar-refractivity contribution >= 4 is 27.0 Å². The molecule has 1 aromatic heterocycles. The van der Waals surface area contributed by atoms with Gasteiger partial charge in [-0.2, -0.15) is 0 Å². The fourth-order valence-electron chi connectivity index (χ4n) is 2.80. The van der Waals surface area contributed by atoms with Crippen LogP contribution in [0.4, 0.5) is 0 Å². The van der Waals surface area contributed by atoms with Gasteiger partial charge in [-0.05, 0) is 18.6 Å². The maximum absolute atomic E-state index is 12.7. The number of carbonyl (C=O) groups is 1. The molecule has 0 saturated heterocycles. The fraction of sp³-hybridized carbons (Fsp3) is 0.529. The van der Waals surface area contributed by atoms with E-state index in [0.717, 1.165) is 29.5 Å². The lowest BCUT2D eigenvalue weighted by Crippen LogP contribution is -2.39. The van der Waals surface area contributed by atoms with Gasteiger partial charge in [-0.25, -0.2) is 17.7 Å². The Morgan fingerprint density at radius 3 is 2.60 bits per heavy atom. The van der Waals surface area contributed by atoms with Crippen molar-refractivity contribution in [2.75, 3.05) is 26.4 Å². The minimum absolute atomic E-state index is 0.123. The second kappa shape index (κ2) is 7.97. The van der Waals surface area contributed by atoms with E-state index < -0.39 is 10.0 Å².